The fraction of sp³-hybridized carbons (Fsp3) is 0.833. The summed E-state index contributed by atoms with van der Waals surface area (Å²) in [6, 6.07) is 0. The zero-order valence-corrected chi connectivity index (χ0v) is 22.1. The number of aliphatic imine (C=N–C) groups is 1. The lowest BCUT2D eigenvalue weighted by Crippen LogP contribution is -2.55. The van der Waals surface area contributed by atoms with Crippen molar-refractivity contribution < 1.29 is 5.11 Å². The van der Waals surface area contributed by atoms with E-state index < -0.39 is 0 Å². The summed E-state index contributed by atoms with van der Waals surface area (Å²) >= 11 is 0. The highest BCUT2D eigenvalue weighted by atomic mass is 16.3. The van der Waals surface area contributed by atoms with E-state index in [0.29, 0.717) is 11.8 Å². The number of hydrogen-bond donors (Lipinski definition) is 1. The quantitative estimate of drug-likeness (QED) is 0.436. The molecule has 0 radical (unpaired) electrons. The van der Waals surface area contributed by atoms with Crippen molar-refractivity contribution in [1.29, 1.82) is 0 Å². The first-order chi connectivity index (χ1) is 14.9. The monoisotopic (exact) mass is 439 g/mol. The molecule has 0 bridgehead atoms. The molecule has 0 aromatic carbocycles. The molecular weight excluding hydrogens is 390 g/mol. The van der Waals surface area contributed by atoms with Gasteiger partial charge in [0.25, 0.3) is 0 Å². The molecule has 6 atom stereocenters. The zero-order valence-electron chi connectivity index (χ0n) is 22.1. The van der Waals surface area contributed by atoms with Crippen molar-refractivity contribution in [3.63, 3.8) is 0 Å². The summed E-state index contributed by atoms with van der Waals surface area (Å²) in [4.78, 5) is 5.28. The maximum atomic E-state index is 10.8. The summed E-state index contributed by atoms with van der Waals surface area (Å²) in [5.41, 5.74) is 6.77. The van der Waals surface area contributed by atoms with Crippen LogP contribution in [0.4, 0.5) is 0 Å². The number of rotatable bonds is 5. The van der Waals surface area contributed by atoms with Gasteiger partial charge in [0.15, 0.2) is 0 Å². The van der Waals surface area contributed by atoms with Crippen LogP contribution in [0.3, 0.4) is 0 Å². The lowest BCUT2D eigenvalue weighted by molar-refractivity contribution is -0.0899. The molecule has 0 spiro atoms. The van der Waals surface area contributed by atoms with Crippen molar-refractivity contribution in [2.45, 2.75) is 112 Å². The number of fused-ring (bicyclic) bond motifs is 4. The van der Waals surface area contributed by atoms with E-state index >= 15 is 0 Å². The Morgan fingerprint density at radius 1 is 1.03 bits per heavy atom. The van der Waals surface area contributed by atoms with E-state index in [4.69, 9.17) is 4.99 Å². The molecule has 4 rings (SSSR count). The maximum absolute atomic E-state index is 10.8. The number of nitrogens with zero attached hydrogens (tertiary/aromatic N) is 1. The van der Waals surface area contributed by atoms with E-state index in [-0.39, 0.29) is 22.3 Å². The van der Waals surface area contributed by atoms with Gasteiger partial charge in [-0.1, -0.05) is 66.2 Å². The third kappa shape index (κ3) is 3.68. The fourth-order valence-corrected chi connectivity index (χ4v) is 8.50. The largest absolute Gasteiger partial charge is 0.393 e. The predicted molar refractivity (Wildman–Crippen MR) is 137 cm³/mol. The predicted octanol–water partition coefficient (Wildman–Crippen LogP) is 7.77. The Morgan fingerprint density at radius 3 is 2.44 bits per heavy atom. The standard InChI is InChI=1S/C30H49NO/c1-19(2)20(3)9-10-21(4)23-15-18-31-27-22-11-12-25-28(5,6)26(32)14-17-29(25,7)24(22)13-16-30(23,27)8/h19,21,23,25-26,32H,3,9-18H2,1-2,4-8H3/t21-,23-,25+,26+,29-,30-/m1/s1. The van der Waals surface area contributed by atoms with E-state index in [0.717, 1.165) is 31.2 Å². The molecule has 1 N–H and O–H groups in total. The molecule has 0 aromatic heterocycles. The molecule has 0 unspecified atom stereocenters. The molecule has 180 valence electrons. The van der Waals surface area contributed by atoms with Gasteiger partial charge in [0.05, 0.1) is 6.10 Å². The Balaban J connectivity index is 1.62. The van der Waals surface area contributed by atoms with Crippen molar-refractivity contribution in [1.82, 2.24) is 0 Å². The van der Waals surface area contributed by atoms with E-state index in [9.17, 15) is 5.11 Å². The van der Waals surface area contributed by atoms with Gasteiger partial charge >= 0.3 is 0 Å². The third-order valence-corrected chi connectivity index (χ3v) is 10.9. The summed E-state index contributed by atoms with van der Waals surface area (Å²) in [7, 11) is 0. The van der Waals surface area contributed by atoms with E-state index in [1.165, 1.54) is 56.2 Å². The van der Waals surface area contributed by atoms with E-state index in [2.05, 4.69) is 55.0 Å². The number of aliphatic hydroxyl groups excluding tert-OH is 1. The summed E-state index contributed by atoms with van der Waals surface area (Å²) in [6.07, 6.45) is 10.5. The second kappa shape index (κ2) is 8.40. The van der Waals surface area contributed by atoms with Gasteiger partial charge in [-0.15, -0.1) is 0 Å². The second-order valence-electron chi connectivity index (χ2n) is 13.2. The second-order valence-corrected chi connectivity index (χ2v) is 13.2. The molecule has 0 aromatic rings. The summed E-state index contributed by atoms with van der Waals surface area (Å²) in [6.45, 7) is 22.1. The number of aliphatic hydroxyl groups is 1. The van der Waals surface area contributed by atoms with E-state index in [1.807, 2.05) is 0 Å². The first-order valence-electron chi connectivity index (χ1n) is 13.6. The highest BCUT2D eigenvalue weighted by Gasteiger charge is 2.57. The van der Waals surface area contributed by atoms with Gasteiger partial charge in [-0.3, -0.25) is 4.99 Å². The van der Waals surface area contributed by atoms with Crippen LogP contribution >= 0.6 is 0 Å². The van der Waals surface area contributed by atoms with Crippen LogP contribution in [-0.2, 0) is 0 Å². The molecule has 0 amide bonds. The highest BCUT2D eigenvalue weighted by molar-refractivity contribution is 6.06. The molecule has 1 aliphatic heterocycles. The van der Waals surface area contributed by atoms with Crippen LogP contribution < -0.4 is 0 Å². The van der Waals surface area contributed by atoms with Gasteiger partial charge in [-0.25, -0.2) is 0 Å². The van der Waals surface area contributed by atoms with Crippen LogP contribution in [0.5, 0.6) is 0 Å². The van der Waals surface area contributed by atoms with Gasteiger partial charge in [-0.05, 0) is 97.9 Å². The van der Waals surface area contributed by atoms with Crippen molar-refractivity contribution in [3.8, 4) is 0 Å². The van der Waals surface area contributed by atoms with Crippen LogP contribution in [0.25, 0.3) is 0 Å². The molecule has 0 saturated heterocycles. The Kier molecular flexibility index (Phi) is 6.36. The smallest absolute Gasteiger partial charge is 0.0594 e. The SMILES string of the molecule is C=C(CC[C@@H](C)[C@H]1CCN=C2C3=C(CC[C@@]21C)[C@@]1(C)CC[C@H](O)C(C)(C)[C@@H]1CC3)C(C)C. The van der Waals surface area contributed by atoms with Crippen LogP contribution in [-0.4, -0.2) is 23.5 Å². The lowest BCUT2D eigenvalue weighted by atomic mass is 9.46. The Labute approximate surface area is 198 Å². The molecule has 2 heteroatoms. The first-order valence-corrected chi connectivity index (χ1v) is 13.6. The van der Waals surface area contributed by atoms with Gasteiger partial charge < -0.3 is 5.11 Å². The average Bonchev–Trinajstić information content (AvgIpc) is 2.73. The minimum atomic E-state index is -0.158. The number of allylic oxidation sites excluding steroid dienone is 3. The zero-order chi connectivity index (χ0) is 23.5. The molecule has 3 aliphatic carbocycles. The topological polar surface area (TPSA) is 32.6 Å². The Bertz CT molecular complexity index is 817. The van der Waals surface area contributed by atoms with Crippen LogP contribution in [0.1, 0.15) is 106 Å². The molecule has 1 heterocycles. The van der Waals surface area contributed by atoms with Gasteiger partial charge in [-0.2, -0.15) is 0 Å². The normalized spacial score (nSPS) is 39.7. The average molecular weight is 440 g/mol. The van der Waals surface area contributed by atoms with Crippen LogP contribution in [0.2, 0.25) is 0 Å². The maximum Gasteiger partial charge on any atom is 0.0594 e. The van der Waals surface area contributed by atoms with Crippen molar-refractivity contribution in [2.24, 2.45) is 44.9 Å². The summed E-state index contributed by atoms with van der Waals surface area (Å²) in [5.74, 6) is 2.64. The summed E-state index contributed by atoms with van der Waals surface area (Å²) in [5, 5.41) is 10.8. The first kappa shape index (κ1) is 24.2. The Morgan fingerprint density at radius 2 is 1.75 bits per heavy atom. The van der Waals surface area contributed by atoms with Crippen molar-refractivity contribution in [2.75, 3.05) is 6.54 Å². The van der Waals surface area contributed by atoms with Crippen molar-refractivity contribution in [3.05, 3.63) is 23.3 Å². The highest BCUT2D eigenvalue weighted by Crippen LogP contribution is 2.63. The molecular formula is C30H49NO. The van der Waals surface area contributed by atoms with Gasteiger partial charge in [0, 0.05) is 17.7 Å². The van der Waals surface area contributed by atoms with E-state index in [1.54, 1.807) is 11.1 Å². The fourth-order valence-electron chi connectivity index (χ4n) is 8.50. The molecule has 2 nitrogen and oxygen atoms in total. The number of hydrogen-bond acceptors (Lipinski definition) is 2. The van der Waals surface area contributed by atoms with Crippen LogP contribution in [0.15, 0.2) is 28.3 Å². The summed E-state index contributed by atoms with van der Waals surface area (Å²) < 4.78 is 0. The lowest BCUT2D eigenvalue weighted by Gasteiger charge is -2.60. The molecule has 32 heavy (non-hydrogen) atoms. The van der Waals surface area contributed by atoms with Gasteiger partial charge in [0.2, 0.25) is 0 Å². The minimum Gasteiger partial charge on any atom is -0.393 e. The van der Waals surface area contributed by atoms with Crippen molar-refractivity contribution >= 4 is 5.71 Å². The molecule has 4 aliphatic rings. The Hall–Kier alpha value is -0.890. The van der Waals surface area contributed by atoms with Crippen LogP contribution in [0, 0.1) is 39.9 Å². The minimum absolute atomic E-state index is 0.0104. The molecule has 1 fully saturated rings. The van der Waals surface area contributed by atoms with Gasteiger partial charge in [0.1, 0.15) is 0 Å². The third-order valence-electron chi connectivity index (χ3n) is 10.9. The molecule has 1 saturated carbocycles.